The fourth-order valence-corrected chi connectivity index (χ4v) is 2.77. The van der Waals surface area contributed by atoms with Crippen molar-refractivity contribution >= 4 is 5.69 Å². The van der Waals surface area contributed by atoms with E-state index in [1.807, 2.05) is 6.20 Å². The van der Waals surface area contributed by atoms with Crippen LogP contribution in [0.5, 0.6) is 0 Å². The van der Waals surface area contributed by atoms with Gasteiger partial charge in [0.2, 0.25) is 0 Å². The maximum absolute atomic E-state index is 4.45. The lowest BCUT2D eigenvalue weighted by molar-refractivity contribution is 0.717. The summed E-state index contributed by atoms with van der Waals surface area (Å²) in [4.78, 5) is 6.90. The first kappa shape index (κ1) is 13.1. The molecule has 1 aromatic heterocycles. The molecule has 0 spiro atoms. The second-order valence-corrected chi connectivity index (χ2v) is 5.36. The average Bonchev–Trinajstić information content (AvgIpc) is 2.89. The number of rotatable bonds is 4. The van der Waals surface area contributed by atoms with Crippen molar-refractivity contribution < 1.29 is 0 Å². The Balaban J connectivity index is 1.89. The van der Waals surface area contributed by atoms with Crippen molar-refractivity contribution in [2.24, 2.45) is 0 Å². The van der Waals surface area contributed by atoms with Crippen LogP contribution >= 0.6 is 0 Å². The Morgan fingerprint density at radius 2 is 1.90 bits per heavy atom. The van der Waals surface area contributed by atoms with Crippen molar-refractivity contribution in [1.82, 2.24) is 10.3 Å². The SMILES string of the molecule is CCNCc1cnc(C)cc1N1Cc2ccccc2C1. The van der Waals surface area contributed by atoms with E-state index in [1.54, 1.807) is 0 Å². The Kier molecular flexibility index (Phi) is 3.70. The van der Waals surface area contributed by atoms with Gasteiger partial charge in [0, 0.05) is 42.8 Å². The highest BCUT2D eigenvalue weighted by Crippen LogP contribution is 2.30. The lowest BCUT2D eigenvalue weighted by Crippen LogP contribution is -2.20. The fourth-order valence-electron chi connectivity index (χ4n) is 2.77. The molecule has 0 saturated carbocycles. The molecule has 0 saturated heterocycles. The van der Waals surface area contributed by atoms with E-state index in [0.717, 1.165) is 31.9 Å². The molecule has 1 aliphatic rings. The average molecular weight is 267 g/mol. The number of hydrogen-bond acceptors (Lipinski definition) is 3. The van der Waals surface area contributed by atoms with Crippen LogP contribution in [0.15, 0.2) is 36.5 Å². The van der Waals surface area contributed by atoms with Crippen LogP contribution in [0.3, 0.4) is 0 Å². The molecule has 1 aromatic carbocycles. The molecule has 3 heteroatoms. The summed E-state index contributed by atoms with van der Waals surface area (Å²) in [6.07, 6.45) is 2.01. The topological polar surface area (TPSA) is 28.2 Å². The second-order valence-electron chi connectivity index (χ2n) is 5.36. The molecule has 2 aromatic rings. The second kappa shape index (κ2) is 5.63. The van der Waals surface area contributed by atoms with Gasteiger partial charge in [0.05, 0.1) is 0 Å². The minimum atomic E-state index is 0.881. The number of nitrogens with zero attached hydrogens (tertiary/aromatic N) is 2. The first-order valence-electron chi connectivity index (χ1n) is 7.26. The van der Waals surface area contributed by atoms with Crippen LogP contribution < -0.4 is 10.2 Å². The number of fused-ring (bicyclic) bond motifs is 1. The van der Waals surface area contributed by atoms with Crippen molar-refractivity contribution in [3.05, 3.63) is 58.9 Å². The molecule has 1 aliphatic heterocycles. The summed E-state index contributed by atoms with van der Waals surface area (Å²) in [7, 11) is 0. The van der Waals surface area contributed by atoms with Crippen molar-refractivity contribution in [3.8, 4) is 0 Å². The van der Waals surface area contributed by atoms with Crippen LogP contribution in [0.1, 0.15) is 29.3 Å². The molecule has 0 unspecified atom stereocenters. The van der Waals surface area contributed by atoms with Crippen LogP contribution in [-0.2, 0) is 19.6 Å². The van der Waals surface area contributed by atoms with Crippen LogP contribution in [0.4, 0.5) is 5.69 Å². The Labute approximate surface area is 120 Å². The predicted molar refractivity (Wildman–Crippen MR) is 82.7 cm³/mol. The maximum Gasteiger partial charge on any atom is 0.0451 e. The summed E-state index contributed by atoms with van der Waals surface area (Å²) in [6.45, 7) is 8.05. The molecule has 3 nitrogen and oxygen atoms in total. The van der Waals surface area contributed by atoms with E-state index in [-0.39, 0.29) is 0 Å². The first-order chi connectivity index (χ1) is 9.78. The van der Waals surface area contributed by atoms with E-state index in [2.05, 4.69) is 59.4 Å². The quantitative estimate of drug-likeness (QED) is 0.923. The number of nitrogens with one attached hydrogen (secondary N) is 1. The van der Waals surface area contributed by atoms with Crippen molar-refractivity contribution in [3.63, 3.8) is 0 Å². The molecule has 0 aliphatic carbocycles. The minimum Gasteiger partial charge on any atom is -0.362 e. The van der Waals surface area contributed by atoms with Crippen LogP contribution in [-0.4, -0.2) is 11.5 Å². The standard InChI is InChI=1S/C17H21N3/c1-3-18-9-16-10-19-13(2)8-17(16)20-11-14-6-4-5-7-15(14)12-20/h4-8,10,18H,3,9,11-12H2,1-2H3. The van der Waals surface area contributed by atoms with Gasteiger partial charge in [-0.15, -0.1) is 0 Å². The lowest BCUT2D eigenvalue weighted by Gasteiger charge is -2.22. The number of anilines is 1. The van der Waals surface area contributed by atoms with Crippen molar-refractivity contribution in [2.75, 3.05) is 11.4 Å². The highest BCUT2D eigenvalue weighted by molar-refractivity contribution is 5.57. The Morgan fingerprint density at radius 1 is 1.20 bits per heavy atom. The highest BCUT2D eigenvalue weighted by Gasteiger charge is 2.20. The molecular formula is C17H21N3. The Hall–Kier alpha value is -1.87. The number of benzene rings is 1. The van der Waals surface area contributed by atoms with Gasteiger partial charge in [-0.3, -0.25) is 4.98 Å². The van der Waals surface area contributed by atoms with Gasteiger partial charge >= 0.3 is 0 Å². The van der Waals surface area contributed by atoms with E-state index < -0.39 is 0 Å². The van der Waals surface area contributed by atoms with Gasteiger partial charge in [0.25, 0.3) is 0 Å². The zero-order valence-electron chi connectivity index (χ0n) is 12.2. The van der Waals surface area contributed by atoms with Gasteiger partial charge in [-0.25, -0.2) is 0 Å². The molecule has 0 radical (unpaired) electrons. The predicted octanol–water partition coefficient (Wildman–Crippen LogP) is 3.02. The molecule has 3 rings (SSSR count). The fraction of sp³-hybridized carbons (Fsp3) is 0.353. The zero-order chi connectivity index (χ0) is 13.9. The molecule has 0 amide bonds. The largest absolute Gasteiger partial charge is 0.362 e. The number of aryl methyl sites for hydroxylation is 1. The van der Waals surface area contributed by atoms with E-state index in [1.165, 1.54) is 22.4 Å². The van der Waals surface area contributed by atoms with Gasteiger partial charge in [0.1, 0.15) is 0 Å². The van der Waals surface area contributed by atoms with E-state index >= 15 is 0 Å². The number of hydrogen-bond donors (Lipinski definition) is 1. The lowest BCUT2D eigenvalue weighted by atomic mass is 10.1. The van der Waals surface area contributed by atoms with Gasteiger partial charge < -0.3 is 10.2 Å². The summed E-state index contributed by atoms with van der Waals surface area (Å²) in [6, 6.07) is 10.9. The summed E-state index contributed by atoms with van der Waals surface area (Å²) in [5.74, 6) is 0. The monoisotopic (exact) mass is 267 g/mol. The van der Waals surface area contributed by atoms with E-state index in [0.29, 0.717) is 0 Å². The summed E-state index contributed by atoms with van der Waals surface area (Å²) >= 11 is 0. The Bertz CT molecular complexity index is 582. The summed E-state index contributed by atoms with van der Waals surface area (Å²) in [5, 5.41) is 3.40. The van der Waals surface area contributed by atoms with Crippen molar-refractivity contribution in [1.29, 1.82) is 0 Å². The third-order valence-corrected chi connectivity index (χ3v) is 3.85. The third kappa shape index (κ3) is 2.54. The molecule has 0 atom stereocenters. The molecule has 20 heavy (non-hydrogen) atoms. The smallest absolute Gasteiger partial charge is 0.0451 e. The third-order valence-electron chi connectivity index (χ3n) is 3.85. The maximum atomic E-state index is 4.45. The molecule has 1 N–H and O–H groups in total. The number of pyridine rings is 1. The highest BCUT2D eigenvalue weighted by atomic mass is 15.1. The van der Waals surface area contributed by atoms with Crippen LogP contribution in [0.25, 0.3) is 0 Å². The van der Waals surface area contributed by atoms with Crippen LogP contribution in [0, 0.1) is 6.92 Å². The summed E-state index contributed by atoms with van der Waals surface area (Å²) in [5.41, 5.74) is 6.56. The van der Waals surface area contributed by atoms with E-state index in [9.17, 15) is 0 Å². The molecule has 2 heterocycles. The number of aromatic nitrogens is 1. The van der Waals surface area contributed by atoms with Gasteiger partial charge in [-0.05, 0) is 30.7 Å². The molecule has 0 bridgehead atoms. The zero-order valence-corrected chi connectivity index (χ0v) is 12.2. The van der Waals surface area contributed by atoms with Gasteiger partial charge in [-0.1, -0.05) is 31.2 Å². The van der Waals surface area contributed by atoms with Crippen molar-refractivity contribution in [2.45, 2.75) is 33.5 Å². The Morgan fingerprint density at radius 3 is 2.55 bits per heavy atom. The van der Waals surface area contributed by atoms with Gasteiger partial charge in [0.15, 0.2) is 0 Å². The molecule has 0 fully saturated rings. The van der Waals surface area contributed by atoms with Gasteiger partial charge in [-0.2, -0.15) is 0 Å². The summed E-state index contributed by atoms with van der Waals surface area (Å²) < 4.78 is 0. The minimum absolute atomic E-state index is 0.881. The molecular weight excluding hydrogens is 246 g/mol. The first-order valence-corrected chi connectivity index (χ1v) is 7.26. The molecule has 104 valence electrons. The normalized spacial score (nSPS) is 13.6. The van der Waals surface area contributed by atoms with E-state index in [4.69, 9.17) is 0 Å². The van der Waals surface area contributed by atoms with Crippen LogP contribution in [0.2, 0.25) is 0 Å².